The van der Waals surface area contributed by atoms with Crippen LogP contribution in [0.25, 0.3) is 11.3 Å². The van der Waals surface area contributed by atoms with Crippen LogP contribution >= 0.6 is 11.6 Å². The number of hydrogen-bond acceptors (Lipinski definition) is 4. The molecule has 0 saturated carbocycles. The number of halogens is 2. The van der Waals surface area contributed by atoms with Crippen molar-refractivity contribution in [2.75, 3.05) is 12.4 Å². The molecule has 3 aromatic rings. The molecule has 3 rings (SSSR count). The zero-order chi connectivity index (χ0) is 23.6. The number of anilines is 1. The Balaban J connectivity index is 2.18. The zero-order valence-electron chi connectivity index (χ0n) is 18.5. The molecule has 8 heteroatoms. The van der Waals surface area contributed by atoms with Crippen LogP contribution in [0.3, 0.4) is 0 Å². The molecule has 0 atom stereocenters. The maximum Gasteiger partial charge on any atom is 0.358 e. The van der Waals surface area contributed by atoms with Crippen LogP contribution in [0, 0.1) is 12.7 Å². The maximum atomic E-state index is 15.7. The fraction of sp³-hybridized carbons (Fsp3) is 0.208. The second-order valence-electron chi connectivity index (χ2n) is 7.98. The quantitative estimate of drug-likeness (QED) is 0.443. The third kappa shape index (κ3) is 4.44. The van der Waals surface area contributed by atoms with Gasteiger partial charge in [-0.3, -0.25) is 4.79 Å². The van der Waals surface area contributed by atoms with Crippen molar-refractivity contribution < 1.29 is 18.7 Å². The number of hydrogen-bond donors (Lipinski definition) is 1. The van der Waals surface area contributed by atoms with Crippen molar-refractivity contribution in [3.05, 3.63) is 70.6 Å². The molecular weight excluding hydrogens is 447 g/mol. The lowest BCUT2D eigenvalue weighted by atomic mass is 10.0. The van der Waals surface area contributed by atoms with Crippen molar-refractivity contribution in [2.24, 2.45) is 0 Å². The molecule has 2 aromatic carbocycles. The molecule has 1 heterocycles. The molecule has 0 fully saturated rings. The first-order valence-corrected chi connectivity index (χ1v) is 13.4. The molecule has 0 unspecified atom stereocenters. The Kier molecular flexibility index (Phi) is 6.81. The van der Waals surface area contributed by atoms with Gasteiger partial charge < -0.3 is 10.1 Å². The van der Waals surface area contributed by atoms with Crippen molar-refractivity contribution >= 4 is 47.6 Å². The first-order chi connectivity index (χ1) is 15.1. The van der Waals surface area contributed by atoms with Crippen molar-refractivity contribution in [2.45, 2.75) is 26.9 Å². The Morgan fingerprint density at radius 2 is 1.78 bits per heavy atom. The molecule has 0 aliphatic rings. The smallest absolute Gasteiger partial charge is 0.358 e. The van der Waals surface area contributed by atoms with E-state index in [0.29, 0.717) is 22.0 Å². The first-order valence-electron chi connectivity index (χ1n) is 9.99. The number of amides is 1. The molecule has 0 bridgehead atoms. The van der Waals surface area contributed by atoms with Gasteiger partial charge in [-0.15, -0.1) is 0 Å². The van der Waals surface area contributed by atoms with E-state index in [4.69, 9.17) is 16.3 Å². The molecule has 1 N–H and O–H groups in total. The van der Waals surface area contributed by atoms with E-state index in [1.165, 1.54) is 20.1 Å². The number of nitrogens with zero attached hydrogens (tertiary/aromatic N) is 1. The normalized spacial score (nSPS) is 11.2. The summed E-state index contributed by atoms with van der Waals surface area (Å²) < 4.78 is 20.4. The molecule has 1 aromatic heterocycles. The van der Waals surface area contributed by atoms with E-state index < -0.39 is 14.0 Å². The third-order valence-corrected chi connectivity index (χ3v) is 9.37. The van der Waals surface area contributed by atoms with Gasteiger partial charge in [0.2, 0.25) is 5.91 Å². The van der Waals surface area contributed by atoms with Crippen molar-refractivity contribution in [3.63, 3.8) is 0 Å². The number of carbonyl (C=O) groups is 2. The molecule has 0 saturated heterocycles. The standard InChI is InChI=1S/C24H24ClFN2O3Si/c1-14-17(11-12-20(22(14)26)32(4,5)16-9-7-6-8-10-16)18-13-19(27-15(2)29)21(25)23(28-18)24(30)31-3/h6-13H,1-5H3,(H,27,28,29). The average molecular weight is 471 g/mol. The number of carbonyl (C=O) groups excluding carboxylic acids is 2. The van der Waals surface area contributed by atoms with Crippen LogP contribution < -0.4 is 15.7 Å². The number of ether oxygens (including phenoxy) is 1. The van der Waals surface area contributed by atoms with Gasteiger partial charge in [0.15, 0.2) is 5.69 Å². The topological polar surface area (TPSA) is 68.3 Å². The SMILES string of the molecule is COC(=O)c1nc(-c2ccc([Si](C)(C)c3ccccc3)c(F)c2C)cc(NC(C)=O)c1Cl. The Hall–Kier alpha value is -3.03. The molecule has 166 valence electrons. The third-order valence-electron chi connectivity index (χ3n) is 5.48. The van der Waals surface area contributed by atoms with E-state index in [1.54, 1.807) is 19.1 Å². The molecule has 0 aliphatic carbocycles. The van der Waals surface area contributed by atoms with Gasteiger partial charge in [-0.25, -0.2) is 14.2 Å². The Labute approximate surface area is 192 Å². The number of rotatable bonds is 5. The van der Waals surface area contributed by atoms with Crippen LogP contribution in [-0.4, -0.2) is 32.0 Å². The second kappa shape index (κ2) is 9.22. The maximum absolute atomic E-state index is 15.7. The summed E-state index contributed by atoms with van der Waals surface area (Å²) in [6, 6.07) is 15.0. The molecule has 0 aliphatic heterocycles. The Morgan fingerprint density at radius 3 is 2.38 bits per heavy atom. The Bertz CT molecular complexity index is 1200. The average Bonchev–Trinajstić information content (AvgIpc) is 2.76. The van der Waals surface area contributed by atoms with Gasteiger partial charge >= 0.3 is 5.97 Å². The number of esters is 1. The van der Waals surface area contributed by atoms with Crippen LogP contribution in [0.15, 0.2) is 48.5 Å². The second-order valence-corrected chi connectivity index (χ2v) is 12.7. The van der Waals surface area contributed by atoms with Gasteiger partial charge in [0.05, 0.1) is 23.5 Å². The monoisotopic (exact) mass is 470 g/mol. The molecular formula is C24H24ClFN2O3Si. The van der Waals surface area contributed by atoms with Crippen LogP contribution in [0.4, 0.5) is 10.1 Å². The van der Waals surface area contributed by atoms with Crippen molar-refractivity contribution in [1.82, 2.24) is 4.98 Å². The molecule has 5 nitrogen and oxygen atoms in total. The summed E-state index contributed by atoms with van der Waals surface area (Å²) in [6.45, 7) is 7.20. The molecule has 0 spiro atoms. The van der Waals surface area contributed by atoms with Gasteiger partial charge in [0.25, 0.3) is 0 Å². The number of aromatic nitrogens is 1. The Morgan fingerprint density at radius 1 is 1.12 bits per heavy atom. The van der Waals surface area contributed by atoms with E-state index >= 15 is 4.39 Å². The van der Waals surface area contributed by atoms with E-state index in [0.717, 1.165) is 5.19 Å². The highest BCUT2D eigenvalue weighted by molar-refractivity contribution is 7.00. The van der Waals surface area contributed by atoms with Crippen LogP contribution in [0.2, 0.25) is 18.1 Å². The number of pyridine rings is 1. The van der Waals surface area contributed by atoms with Gasteiger partial charge in [0, 0.05) is 12.5 Å². The predicted molar refractivity (Wildman–Crippen MR) is 128 cm³/mol. The van der Waals surface area contributed by atoms with Crippen LogP contribution in [-0.2, 0) is 9.53 Å². The lowest BCUT2D eigenvalue weighted by Gasteiger charge is -2.25. The van der Waals surface area contributed by atoms with Gasteiger partial charge in [0.1, 0.15) is 13.9 Å². The fourth-order valence-electron chi connectivity index (χ4n) is 3.64. The minimum Gasteiger partial charge on any atom is -0.464 e. The summed E-state index contributed by atoms with van der Waals surface area (Å²) in [5.41, 5.74) is 1.25. The summed E-state index contributed by atoms with van der Waals surface area (Å²) in [6.07, 6.45) is 0. The van der Waals surface area contributed by atoms with Crippen LogP contribution in [0.5, 0.6) is 0 Å². The molecule has 1 amide bonds. The zero-order valence-corrected chi connectivity index (χ0v) is 20.3. The largest absolute Gasteiger partial charge is 0.464 e. The summed E-state index contributed by atoms with van der Waals surface area (Å²) >= 11 is 6.26. The summed E-state index contributed by atoms with van der Waals surface area (Å²) in [4.78, 5) is 28.1. The number of methoxy groups -OCH3 is 1. The molecule has 32 heavy (non-hydrogen) atoms. The number of nitrogens with one attached hydrogen (secondary N) is 1. The van der Waals surface area contributed by atoms with E-state index in [9.17, 15) is 9.59 Å². The fourth-order valence-corrected chi connectivity index (χ4v) is 6.43. The van der Waals surface area contributed by atoms with E-state index in [-0.39, 0.29) is 28.1 Å². The highest BCUT2D eigenvalue weighted by atomic mass is 35.5. The van der Waals surface area contributed by atoms with E-state index in [1.807, 2.05) is 30.3 Å². The highest BCUT2D eigenvalue weighted by Gasteiger charge is 2.30. The number of benzene rings is 2. The lowest BCUT2D eigenvalue weighted by molar-refractivity contribution is -0.114. The minimum atomic E-state index is -2.28. The summed E-state index contributed by atoms with van der Waals surface area (Å²) in [5.74, 6) is -1.43. The highest BCUT2D eigenvalue weighted by Crippen LogP contribution is 2.32. The van der Waals surface area contributed by atoms with Crippen molar-refractivity contribution in [3.8, 4) is 11.3 Å². The first kappa shape index (κ1) is 23.6. The molecule has 0 radical (unpaired) electrons. The van der Waals surface area contributed by atoms with E-state index in [2.05, 4.69) is 23.4 Å². The van der Waals surface area contributed by atoms with Crippen molar-refractivity contribution in [1.29, 1.82) is 0 Å². The van der Waals surface area contributed by atoms with Gasteiger partial charge in [-0.05, 0) is 23.7 Å². The van der Waals surface area contributed by atoms with Gasteiger partial charge in [-0.1, -0.05) is 72.3 Å². The van der Waals surface area contributed by atoms with Gasteiger partial charge in [-0.2, -0.15) is 0 Å². The minimum absolute atomic E-state index is 0.0387. The summed E-state index contributed by atoms with van der Waals surface area (Å²) in [7, 11) is -1.07. The predicted octanol–water partition coefficient (Wildman–Crippen LogP) is 4.42. The lowest BCUT2D eigenvalue weighted by Crippen LogP contribution is -2.54. The van der Waals surface area contributed by atoms with Crippen LogP contribution in [0.1, 0.15) is 23.0 Å². The summed E-state index contributed by atoms with van der Waals surface area (Å²) in [5, 5.41) is 4.35.